The average molecular weight is 380 g/mol. The lowest BCUT2D eigenvalue weighted by Crippen LogP contribution is -2.51. The number of rotatable bonds is 7. The predicted molar refractivity (Wildman–Crippen MR) is 105 cm³/mol. The molecule has 0 atom stereocenters. The molecule has 4 rings (SSSR count). The van der Waals surface area contributed by atoms with Gasteiger partial charge >= 0.3 is 0 Å². The Balaban J connectivity index is 1.34. The highest BCUT2D eigenvalue weighted by molar-refractivity contribution is 5.78. The summed E-state index contributed by atoms with van der Waals surface area (Å²) in [4.78, 5) is 23.5. The van der Waals surface area contributed by atoms with Gasteiger partial charge in [-0.15, -0.1) is 0 Å². The zero-order valence-corrected chi connectivity index (χ0v) is 15.7. The normalized spacial score (nSPS) is 14.6. The Morgan fingerprint density at radius 1 is 0.929 bits per heavy atom. The van der Waals surface area contributed by atoms with Gasteiger partial charge in [0.1, 0.15) is 17.3 Å². The molecule has 0 unspecified atom stereocenters. The Labute approximate surface area is 164 Å². The van der Waals surface area contributed by atoms with Gasteiger partial charge in [-0.1, -0.05) is 6.07 Å². The van der Waals surface area contributed by atoms with Gasteiger partial charge in [0.15, 0.2) is 0 Å². The van der Waals surface area contributed by atoms with Gasteiger partial charge in [-0.05, 0) is 36.4 Å². The van der Waals surface area contributed by atoms with E-state index >= 15 is 0 Å². The summed E-state index contributed by atoms with van der Waals surface area (Å²) in [6.07, 6.45) is 5.10. The van der Waals surface area contributed by atoms with Gasteiger partial charge in [0, 0.05) is 32.4 Å². The Morgan fingerprint density at radius 3 is 2.14 bits per heavy atom. The van der Waals surface area contributed by atoms with E-state index in [-0.39, 0.29) is 5.91 Å². The first kappa shape index (κ1) is 18.3. The fourth-order valence-electron chi connectivity index (χ4n) is 3.43. The molecule has 1 fully saturated rings. The summed E-state index contributed by atoms with van der Waals surface area (Å²) < 4.78 is 10.9. The summed E-state index contributed by atoms with van der Waals surface area (Å²) in [6.45, 7) is 4.43. The number of hydrogen-bond donors (Lipinski definition) is 0. The van der Waals surface area contributed by atoms with E-state index in [1.807, 2.05) is 52.3 Å². The van der Waals surface area contributed by atoms with E-state index in [0.717, 1.165) is 30.4 Å². The van der Waals surface area contributed by atoms with Crippen LogP contribution in [0.1, 0.15) is 11.5 Å². The SMILES string of the molecule is O=C(CN(Cc1ccco1)Cc1ccco1)N1CCN(c2ccccn2)CC1. The monoisotopic (exact) mass is 380 g/mol. The minimum atomic E-state index is 0.124. The number of furan rings is 2. The van der Waals surface area contributed by atoms with Crippen LogP contribution in [0, 0.1) is 0 Å². The third-order valence-corrected chi connectivity index (χ3v) is 4.88. The Morgan fingerprint density at radius 2 is 1.61 bits per heavy atom. The molecule has 0 N–H and O–H groups in total. The lowest BCUT2D eigenvalue weighted by atomic mass is 10.2. The van der Waals surface area contributed by atoms with Crippen LogP contribution in [-0.2, 0) is 17.9 Å². The van der Waals surface area contributed by atoms with Crippen molar-refractivity contribution in [2.24, 2.45) is 0 Å². The van der Waals surface area contributed by atoms with Crippen molar-refractivity contribution < 1.29 is 13.6 Å². The molecule has 0 bridgehead atoms. The van der Waals surface area contributed by atoms with Crippen LogP contribution in [0.15, 0.2) is 70.0 Å². The van der Waals surface area contributed by atoms with Crippen LogP contribution in [-0.4, -0.2) is 53.4 Å². The first-order valence-electron chi connectivity index (χ1n) is 9.49. The standard InChI is InChI=1S/C21H24N4O3/c26-21(25-11-9-24(10-12-25)20-7-1-2-8-22-20)17-23(15-18-5-3-13-27-18)16-19-6-4-14-28-19/h1-8,13-14H,9-12,15-17H2. The van der Waals surface area contributed by atoms with E-state index in [4.69, 9.17) is 8.83 Å². The number of amides is 1. The molecule has 0 spiro atoms. The number of carbonyl (C=O) groups excluding carboxylic acids is 1. The van der Waals surface area contributed by atoms with Crippen LogP contribution >= 0.6 is 0 Å². The zero-order valence-electron chi connectivity index (χ0n) is 15.7. The van der Waals surface area contributed by atoms with Crippen molar-refractivity contribution in [2.75, 3.05) is 37.6 Å². The van der Waals surface area contributed by atoms with Crippen molar-refractivity contribution in [2.45, 2.75) is 13.1 Å². The lowest BCUT2D eigenvalue weighted by Gasteiger charge is -2.36. The second-order valence-corrected chi connectivity index (χ2v) is 6.86. The summed E-state index contributed by atoms with van der Waals surface area (Å²) in [5, 5.41) is 0. The highest BCUT2D eigenvalue weighted by Crippen LogP contribution is 2.15. The molecule has 1 aliphatic rings. The number of anilines is 1. The summed E-state index contributed by atoms with van der Waals surface area (Å²) in [5.74, 6) is 2.75. The second kappa shape index (κ2) is 8.75. The molecular weight excluding hydrogens is 356 g/mol. The minimum Gasteiger partial charge on any atom is -0.468 e. The quantitative estimate of drug-likeness (QED) is 0.628. The fourth-order valence-corrected chi connectivity index (χ4v) is 3.43. The van der Waals surface area contributed by atoms with Crippen LogP contribution in [0.3, 0.4) is 0 Å². The molecule has 0 radical (unpaired) electrons. The molecule has 0 aliphatic carbocycles. The van der Waals surface area contributed by atoms with Crippen LogP contribution in [0.2, 0.25) is 0 Å². The fraction of sp³-hybridized carbons (Fsp3) is 0.333. The van der Waals surface area contributed by atoms with E-state index in [2.05, 4.69) is 9.88 Å². The third kappa shape index (κ3) is 4.61. The Hall–Kier alpha value is -3.06. The van der Waals surface area contributed by atoms with Crippen molar-refractivity contribution in [3.8, 4) is 0 Å². The van der Waals surface area contributed by atoms with E-state index in [0.29, 0.717) is 32.7 Å². The molecule has 1 amide bonds. The first-order valence-corrected chi connectivity index (χ1v) is 9.49. The molecule has 0 aromatic carbocycles. The van der Waals surface area contributed by atoms with Gasteiger partial charge in [-0.25, -0.2) is 4.98 Å². The summed E-state index contributed by atoms with van der Waals surface area (Å²) in [6, 6.07) is 13.5. The highest BCUT2D eigenvalue weighted by Gasteiger charge is 2.24. The van der Waals surface area contributed by atoms with E-state index in [1.165, 1.54) is 0 Å². The maximum Gasteiger partial charge on any atom is 0.236 e. The Kier molecular flexibility index (Phi) is 5.72. The van der Waals surface area contributed by atoms with Crippen molar-refractivity contribution in [3.05, 3.63) is 72.7 Å². The van der Waals surface area contributed by atoms with Crippen molar-refractivity contribution in [1.29, 1.82) is 0 Å². The molecule has 7 nitrogen and oxygen atoms in total. The molecule has 146 valence electrons. The van der Waals surface area contributed by atoms with Gasteiger partial charge < -0.3 is 18.6 Å². The van der Waals surface area contributed by atoms with E-state index in [9.17, 15) is 4.79 Å². The number of nitrogens with zero attached hydrogens (tertiary/aromatic N) is 4. The van der Waals surface area contributed by atoms with Crippen LogP contribution in [0.4, 0.5) is 5.82 Å². The van der Waals surface area contributed by atoms with Crippen LogP contribution in [0.5, 0.6) is 0 Å². The molecule has 0 saturated carbocycles. The number of piperazine rings is 1. The van der Waals surface area contributed by atoms with Gasteiger partial charge in [0.05, 0.1) is 32.2 Å². The molecule has 3 aromatic rings. The van der Waals surface area contributed by atoms with Gasteiger partial charge in [0.2, 0.25) is 5.91 Å². The average Bonchev–Trinajstić information content (AvgIpc) is 3.43. The molecule has 7 heteroatoms. The number of pyridine rings is 1. The van der Waals surface area contributed by atoms with Gasteiger partial charge in [-0.2, -0.15) is 0 Å². The lowest BCUT2D eigenvalue weighted by molar-refractivity contribution is -0.133. The maximum atomic E-state index is 12.9. The number of carbonyl (C=O) groups is 1. The molecular formula is C21H24N4O3. The highest BCUT2D eigenvalue weighted by atomic mass is 16.3. The van der Waals surface area contributed by atoms with E-state index in [1.54, 1.807) is 18.7 Å². The van der Waals surface area contributed by atoms with Gasteiger partial charge in [-0.3, -0.25) is 9.69 Å². The third-order valence-electron chi connectivity index (χ3n) is 4.88. The Bertz CT molecular complexity index is 805. The number of aromatic nitrogens is 1. The number of hydrogen-bond acceptors (Lipinski definition) is 6. The van der Waals surface area contributed by atoms with Crippen molar-refractivity contribution >= 4 is 11.7 Å². The topological polar surface area (TPSA) is 66.0 Å². The molecule has 3 aromatic heterocycles. The minimum absolute atomic E-state index is 0.124. The predicted octanol–water partition coefficient (Wildman–Crippen LogP) is 2.62. The van der Waals surface area contributed by atoms with Crippen molar-refractivity contribution in [1.82, 2.24) is 14.8 Å². The summed E-state index contributed by atoms with van der Waals surface area (Å²) in [5.41, 5.74) is 0. The molecule has 1 saturated heterocycles. The molecule has 1 aliphatic heterocycles. The summed E-state index contributed by atoms with van der Waals surface area (Å²) in [7, 11) is 0. The zero-order chi connectivity index (χ0) is 19.2. The van der Waals surface area contributed by atoms with Gasteiger partial charge in [0.25, 0.3) is 0 Å². The summed E-state index contributed by atoms with van der Waals surface area (Å²) >= 11 is 0. The molecule has 28 heavy (non-hydrogen) atoms. The maximum absolute atomic E-state index is 12.9. The van der Waals surface area contributed by atoms with Crippen molar-refractivity contribution in [3.63, 3.8) is 0 Å². The first-order chi connectivity index (χ1) is 13.8. The second-order valence-electron chi connectivity index (χ2n) is 6.86. The molecule has 4 heterocycles. The van der Waals surface area contributed by atoms with Crippen LogP contribution in [0.25, 0.3) is 0 Å². The van der Waals surface area contributed by atoms with Crippen LogP contribution < -0.4 is 4.90 Å². The smallest absolute Gasteiger partial charge is 0.236 e. The van der Waals surface area contributed by atoms with E-state index < -0.39 is 0 Å². The largest absolute Gasteiger partial charge is 0.468 e.